The molecule has 0 aromatic heterocycles. The average molecular weight is 236 g/mol. The molecular weight excluding hydrogens is 216 g/mol. The lowest BCUT2D eigenvalue weighted by molar-refractivity contribution is -0.209. The molecule has 0 bridgehead atoms. The Balaban J connectivity index is 2.51. The SMILES string of the molecule is CCO[Si](OCC)(OCC)OC1CCO1. The first-order chi connectivity index (χ1) is 7.26. The summed E-state index contributed by atoms with van der Waals surface area (Å²) in [6.45, 7) is 7.96. The van der Waals surface area contributed by atoms with Gasteiger partial charge in [-0.1, -0.05) is 0 Å². The first-order valence-electron chi connectivity index (χ1n) is 5.47. The Bertz CT molecular complexity index is 157. The van der Waals surface area contributed by atoms with Crippen LogP contribution >= 0.6 is 0 Å². The summed E-state index contributed by atoms with van der Waals surface area (Å²) in [5.41, 5.74) is 0. The Morgan fingerprint density at radius 3 is 1.80 bits per heavy atom. The second-order valence-electron chi connectivity index (χ2n) is 3.01. The van der Waals surface area contributed by atoms with E-state index >= 15 is 0 Å². The lowest BCUT2D eigenvalue weighted by atomic mass is 10.4. The lowest BCUT2D eigenvalue weighted by Gasteiger charge is -2.34. The van der Waals surface area contributed by atoms with E-state index in [1.54, 1.807) is 0 Å². The molecule has 0 spiro atoms. The summed E-state index contributed by atoms with van der Waals surface area (Å²) < 4.78 is 27.4. The second kappa shape index (κ2) is 6.57. The van der Waals surface area contributed by atoms with Gasteiger partial charge in [-0.05, 0) is 20.8 Å². The van der Waals surface area contributed by atoms with Crippen LogP contribution in [0, 0.1) is 0 Å². The van der Waals surface area contributed by atoms with Crippen LogP contribution in [0.5, 0.6) is 0 Å². The minimum Gasteiger partial charge on any atom is -0.353 e. The summed E-state index contributed by atoms with van der Waals surface area (Å²) in [7, 11) is -2.95. The monoisotopic (exact) mass is 236 g/mol. The van der Waals surface area contributed by atoms with Gasteiger partial charge < -0.3 is 22.4 Å². The first-order valence-corrected chi connectivity index (χ1v) is 7.11. The van der Waals surface area contributed by atoms with E-state index in [1.165, 1.54) is 0 Å². The highest BCUT2D eigenvalue weighted by Gasteiger charge is 2.48. The van der Waals surface area contributed by atoms with Crippen molar-refractivity contribution < 1.29 is 22.4 Å². The van der Waals surface area contributed by atoms with Crippen LogP contribution in [0.2, 0.25) is 0 Å². The van der Waals surface area contributed by atoms with Gasteiger partial charge in [-0.3, -0.25) is 0 Å². The van der Waals surface area contributed by atoms with Gasteiger partial charge in [0.05, 0.1) is 6.61 Å². The fourth-order valence-corrected chi connectivity index (χ4v) is 3.25. The van der Waals surface area contributed by atoms with Crippen LogP contribution in [0.25, 0.3) is 0 Å². The van der Waals surface area contributed by atoms with Gasteiger partial charge in [-0.15, -0.1) is 0 Å². The molecule has 0 N–H and O–H groups in total. The van der Waals surface area contributed by atoms with Crippen molar-refractivity contribution in [1.29, 1.82) is 0 Å². The first kappa shape index (κ1) is 13.1. The van der Waals surface area contributed by atoms with E-state index in [0.29, 0.717) is 19.8 Å². The van der Waals surface area contributed by atoms with Gasteiger partial charge in [-0.2, -0.15) is 0 Å². The molecule has 15 heavy (non-hydrogen) atoms. The molecule has 0 aromatic carbocycles. The van der Waals surface area contributed by atoms with E-state index < -0.39 is 9.05 Å². The maximum absolute atomic E-state index is 5.65. The Hall–Kier alpha value is 0.0169. The van der Waals surface area contributed by atoms with E-state index in [-0.39, 0.29) is 6.29 Å². The van der Waals surface area contributed by atoms with Crippen LogP contribution in [0.15, 0.2) is 0 Å². The lowest BCUT2D eigenvalue weighted by Crippen LogP contribution is -2.53. The fraction of sp³-hybridized carbons (Fsp3) is 1.00. The zero-order valence-corrected chi connectivity index (χ0v) is 10.7. The van der Waals surface area contributed by atoms with E-state index in [4.69, 9.17) is 22.4 Å². The summed E-state index contributed by atoms with van der Waals surface area (Å²) in [6.07, 6.45) is 0.656. The fourth-order valence-electron chi connectivity index (χ4n) is 1.23. The van der Waals surface area contributed by atoms with Crippen LogP contribution in [0.1, 0.15) is 27.2 Å². The van der Waals surface area contributed by atoms with Gasteiger partial charge in [0.15, 0.2) is 6.29 Å². The third-order valence-corrected chi connectivity index (χ3v) is 4.37. The van der Waals surface area contributed by atoms with Crippen LogP contribution in [0.4, 0.5) is 0 Å². The largest absolute Gasteiger partial charge is 0.681 e. The predicted molar refractivity (Wildman–Crippen MR) is 56.1 cm³/mol. The van der Waals surface area contributed by atoms with E-state index in [1.807, 2.05) is 20.8 Å². The van der Waals surface area contributed by atoms with Crippen molar-refractivity contribution in [3.8, 4) is 0 Å². The van der Waals surface area contributed by atoms with Crippen molar-refractivity contribution in [3.05, 3.63) is 0 Å². The summed E-state index contributed by atoms with van der Waals surface area (Å²) in [5.74, 6) is 0. The molecule has 1 rings (SSSR count). The molecule has 90 valence electrons. The number of hydrogen-bond donors (Lipinski definition) is 0. The normalized spacial score (nSPS) is 21.4. The van der Waals surface area contributed by atoms with Gasteiger partial charge in [0.2, 0.25) is 0 Å². The van der Waals surface area contributed by atoms with Crippen molar-refractivity contribution in [1.82, 2.24) is 0 Å². The highest BCUT2D eigenvalue weighted by atomic mass is 28.4. The zero-order chi connectivity index (χ0) is 11.1. The molecule has 1 unspecified atom stereocenters. The Kier molecular flexibility index (Phi) is 5.73. The predicted octanol–water partition coefficient (Wildman–Crippen LogP) is 1.29. The average Bonchev–Trinajstić information content (AvgIpc) is 2.13. The van der Waals surface area contributed by atoms with E-state index in [0.717, 1.165) is 13.0 Å². The molecule has 1 fully saturated rings. The summed E-state index contributed by atoms with van der Waals surface area (Å²) in [5, 5.41) is 0. The number of rotatable bonds is 8. The smallest absolute Gasteiger partial charge is 0.353 e. The number of hydrogen-bond acceptors (Lipinski definition) is 5. The van der Waals surface area contributed by atoms with Crippen LogP contribution in [-0.2, 0) is 22.4 Å². The Morgan fingerprint density at radius 1 is 1.07 bits per heavy atom. The quantitative estimate of drug-likeness (QED) is 0.594. The van der Waals surface area contributed by atoms with Gasteiger partial charge in [0.1, 0.15) is 0 Å². The molecule has 0 saturated carbocycles. The third-order valence-electron chi connectivity index (χ3n) is 1.90. The van der Waals surface area contributed by atoms with Gasteiger partial charge in [0, 0.05) is 26.2 Å². The highest BCUT2D eigenvalue weighted by molar-refractivity contribution is 6.53. The molecule has 1 saturated heterocycles. The van der Waals surface area contributed by atoms with Gasteiger partial charge in [-0.25, -0.2) is 0 Å². The van der Waals surface area contributed by atoms with Crippen molar-refractivity contribution in [2.75, 3.05) is 26.4 Å². The second-order valence-corrected chi connectivity index (χ2v) is 5.11. The zero-order valence-electron chi connectivity index (χ0n) is 9.65. The van der Waals surface area contributed by atoms with Crippen molar-refractivity contribution >= 4 is 9.05 Å². The maximum Gasteiger partial charge on any atom is 0.681 e. The van der Waals surface area contributed by atoms with Crippen LogP contribution in [-0.4, -0.2) is 41.8 Å². The molecule has 0 aromatic rings. The molecule has 1 heterocycles. The van der Waals surface area contributed by atoms with Crippen LogP contribution in [0.3, 0.4) is 0 Å². The molecule has 5 nitrogen and oxygen atoms in total. The highest BCUT2D eigenvalue weighted by Crippen LogP contribution is 2.21. The van der Waals surface area contributed by atoms with E-state index in [2.05, 4.69) is 0 Å². The number of ether oxygens (including phenoxy) is 1. The molecular formula is C9H20O5Si. The van der Waals surface area contributed by atoms with Crippen molar-refractivity contribution in [2.24, 2.45) is 0 Å². The summed E-state index contributed by atoms with van der Waals surface area (Å²) in [6, 6.07) is 0. The van der Waals surface area contributed by atoms with Crippen molar-refractivity contribution in [3.63, 3.8) is 0 Å². The van der Waals surface area contributed by atoms with Crippen LogP contribution < -0.4 is 0 Å². The van der Waals surface area contributed by atoms with Gasteiger partial charge in [0.25, 0.3) is 0 Å². The molecule has 0 aliphatic carbocycles. The van der Waals surface area contributed by atoms with E-state index in [9.17, 15) is 0 Å². The molecule has 1 atom stereocenters. The molecule has 0 amide bonds. The standard InChI is InChI=1S/C9H20O5Si/c1-4-11-15(12-5-2,13-6-3)14-9-7-8-10-9/h9H,4-8H2,1-3H3. The van der Waals surface area contributed by atoms with Gasteiger partial charge >= 0.3 is 9.05 Å². The molecule has 6 heteroatoms. The maximum atomic E-state index is 5.65. The Morgan fingerprint density at radius 2 is 1.53 bits per heavy atom. The molecule has 1 aliphatic rings. The topological polar surface area (TPSA) is 46.2 Å². The minimum atomic E-state index is -2.95. The Labute approximate surface area is 92.1 Å². The molecule has 0 radical (unpaired) electrons. The molecule has 1 aliphatic heterocycles. The van der Waals surface area contributed by atoms with Crippen molar-refractivity contribution in [2.45, 2.75) is 33.5 Å². The third kappa shape index (κ3) is 3.82. The summed E-state index contributed by atoms with van der Waals surface area (Å²) in [4.78, 5) is 0. The minimum absolute atomic E-state index is 0.221. The summed E-state index contributed by atoms with van der Waals surface area (Å²) >= 11 is 0.